The maximum atomic E-state index is 10.2. The fourth-order valence-electron chi connectivity index (χ4n) is 1.37. The summed E-state index contributed by atoms with van der Waals surface area (Å²) in [4.78, 5) is 10.2. The van der Waals surface area contributed by atoms with Crippen molar-refractivity contribution in [1.29, 1.82) is 0 Å². The van der Waals surface area contributed by atoms with Crippen molar-refractivity contribution in [3.8, 4) is 11.3 Å². The normalized spacial score (nSPS) is 10.5. The zero-order valence-electron chi connectivity index (χ0n) is 8.58. The molecule has 0 saturated heterocycles. The minimum absolute atomic E-state index is 0.760. The number of aromatic nitrogens is 2. The lowest BCUT2D eigenvalue weighted by atomic mass is 10.1. The first-order valence-corrected chi connectivity index (χ1v) is 4.90. The van der Waals surface area contributed by atoms with Gasteiger partial charge < -0.3 is 0 Å². The molecule has 0 spiro atoms. The minimum Gasteiger partial charge on any atom is -0.299 e. The third-order valence-electron chi connectivity index (χ3n) is 2.15. The summed E-state index contributed by atoms with van der Waals surface area (Å²) >= 11 is 0. The Morgan fingerprint density at radius 1 is 1.06 bits per heavy atom. The molecule has 3 heteroatoms. The van der Waals surface area contributed by atoms with Gasteiger partial charge in [0.1, 0.15) is 6.29 Å². The molecule has 0 atom stereocenters. The van der Waals surface area contributed by atoms with E-state index < -0.39 is 0 Å². The zero-order chi connectivity index (χ0) is 11.2. The number of carbonyl (C=O) groups excluding carboxylic acids is 1. The molecular formula is C13H10N2O. The van der Waals surface area contributed by atoms with Crippen LogP contribution in [-0.2, 0) is 4.79 Å². The second kappa shape index (κ2) is 4.98. The van der Waals surface area contributed by atoms with Crippen molar-refractivity contribution in [2.24, 2.45) is 0 Å². The molecule has 0 amide bonds. The first kappa shape index (κ1) is 10.2. The van der Waals surface area contributed by atoms with E-state index in [-0.39, 0.29) is 0 Å². The van der Waals surface area contributed by atoms with Crippen LogP contribution in [0.15, 0.2) is 48.7 Å². The van der Waals surface area contributed by atoms with E-state index in [0.29, 0.717) is 0 Å². The Kier molecular flexibility index (Phi) is 3.18. The van der Waals surface area contributed by atoms with Crippen LogP contribution in [0.2, 0.25) is 0 Å². The average molecular weight is 210 g/mol. The van der Waals surface area contributed by atoms with E-state index in [0.717, 1.165) is 23.1 Å². The maximum absolute atomic E-state index is 10.2. The summed E-state index contributed by atoms with van der Waals surface area (Å²) in [7, 11) is 0. The topological polar surface area (TPSA) is 42.9 Å². The van der Waals surface area contributed by atoms with Gasteiger partial charge in [0.15, 0.2) is 0 Å². The SMILES string of the molecule is O=C/C=C/c1ccc(-c2cccnn2)cc1. The quantitative estimate of drug-likeness (QED) is 0.577. The lowest BCUT2D eigenvalue weighted by Gasteiger charge is -1.99. The fourth-order valence-corrected chi connectivity index (χ4v) is 1.37. The van der Waals surface area contributed by atoms with Gasteiger partial charge in [-0.05, 0) is 23.8 Å². The van der Waals surface area contributed by atoms with Crippen LogP contribution in [0.4, 0.5) is 0 Å². The summed E-state index contributed by atoms with van der Waals surface area (Å²) in [6.45, 7) is 0. The highest BCUT2D eigenvalue weighted by atomic mass is 16.1. The molecule has 0 aliphatic carbocycles. The largest absolute Gasteiger partial charge is 0.299 e. The molecule has 2 aromatic rings. The van der Waals surface area contributed by atoms with Crippen molar-refractivity contribution < 1.29 is 4.79 Å². The summed E-state index contributed by atoms with van der Waals surface area (Å²) in [6, 6.07) is 11.5. The van der Waals surface area contributed by atoms with Crippen molar-refractivity contribution >= 4 is 12.4 Å². The molecule has 1 heterocycles. The number of hydrogen-bond donors (Lipinski definition) is 0. The van der Waals surface area contributed by atoms with Gasteiger partial charge in [0.05, 0.1) is 5.69 Å². The van der Waals surface area contributed by atoms with E-state index in [1.165, 1.54) is 6.08 Å². The number of benzene rings is 1. The first-order valence-electron chi connectivity index (χ1n) is 4.90. The molecule has 78 valence electrons. The number of aldehydes is 1. The molecule has 0 saturated carbocycles. The van der Waals surface area contributed by atoms with Crippen LogP contribution >= 0.6 is 0 Å². The zero-order valence-corrected chi connectivity index (χ0v) is 8.58. The highest BCUT2D eigenvalue weighted by Crippen LogP contribution is 2.16. The van der Waals surface area contributed by atoms with Gasteiger partial charge in [-0.3, -0.25) is 4.79 Å². The molecule has 0 bridgehead atoms. The van der Waals surface area contributed by atoms with Gasteiger partial charge in [-0.25, -0.2) is 0 Å². The van der Waals surface area contributed by atoms with Crippen LogP contribution < -0.4 is 0 Å². The van der Waals surface area contributed by atoms with Crippen molar-refractivity contribution in [2.75, 3.05) is 0 Å². The van der Waals surface area contributed by atoms with Crippen molar-refractivity contribution in [2.45, 2.75) is 0 Å². The number of nitrogens with zero attached hydrogens (tertiary/aromatic N) is 2. The van der Waals surface area contributed by atoms with Gasteiger partial charge in [0, 0.05) is 11.8 Å². The van der Waals surface area contributed by atoms with E-state index >= 15 is 0 Å². The summed E-state index contributed by atoms with van der Waals surface area (Å²) in [5.41, 5.74) is 2.84. The smallest absolute Gasteiger partial charge is 0.142 e. The van der Waals surface area contributed by atoms with Crippen LogP contribution in [0, 0.1) is 0 Å². The third kappa shape index (κ3) is 2.39. The molecule has 16 heavy (non-hydrogen) atoms. The molecule has 0 fully saturated rings. The molecule has 0 N–H and O–H groups in total. The van der Waals surface area contributed by atoms with Gasteiger partial charge in [-0.1, -0.05) is 30.3 Å². The van der Waals surface area contributed by atoms with Crippen LogP contribution in [0.25, 0.3) is 17.3 Å². The summed E-state index contributed by atoms with van der Waals surface area (Å²) in [5, 5.41) is 7.84. The molecular weight excluding hydrogens is 200 g/mol. The molecule has 2 rings (SSSR count). The third-order valence-corrected chi connectivity index (χ3v) is 2.15. The van der Waals surface area contributed by atoms with Gasteiger partial charge in [0.25, 0.3) is 0 Å². The lowest BCUT2D eigenvalue weighted by molar-refractivity contribution is -0.104. The average Bonchev–Trinajstić information content (AvgIpc) is 2.38. The van der Waals surface area contributed by atoms with Gasteiger partial charge >= 0.3 is 0 Å². The van der Waals surface area contributed by atoms with Crippen LogP contribution in [0.3, 0.4) is 0 Å². The van der Waals surface area contributed by atoms with Crippen molar-refractivity contribution in [3.63, 3.8) is 0 Å². The fraction of sp³-hybridized carbons (Fsp3) is 0. The molecule has 1 aromatic carbocycles. The van der Waals surface area contributed by atoms with Gasteiger partial charge in [0.2, 0.25) is 0 Å². The highest BCUT2D eigenvalue weighted by Gasteiger charge is 1.97. The Hall–Kier alpha value is -2.29. The Morgan fingerprint density at radius 3 is 2.50 bits per heavy atom. The Balaban J connectivity index is 2.26. The predicted molar refractivity (Wildman–Crippen MR) is 62.6 cm³/mol. The van der Waals surface area contributed by atoms with E-state index in [9.17, 15) is 4.79 Å². The predicted octanol–water partition coefficient (Wildman–Crippen LogP) is 2.36. The summed E-state index contributed by atoms with van der Waals surface area (Å²) < 4.78 is 0. The molecule has 1 aromatic heterocycles. The number of allylic oxidation sites excluding steroid dienone is 1. The maximum Gasteiger partial charge on any atom is 0.142 e. The number of carbonyl (C=O) groups is 1. The lowest BCUT2D eigenvalue weighted by Crippen LogP contribution is -1.85. The first-order chi connectivity index (χ1) is 7.90. The van der Waals surface area contributed by atoms with Crippen LogP contribution in [-0.4, -0.2) is 16.5 Å². The van der Waals surface area contributed by atoms with E-state index in [1.807, 2.05) is 36.4 Å². The van der Waals surface area contributed by atoms with E-state index in [4.69, 9.17) is 0 Å². The molecule has 0 aliphatic heterocycles. The van der Waals surface area contributed by atoms with Crippen LogP contribution in [0.1, 0.15) is 5.56 Å². The van der Waals surface area contributed by atoms with Crippen molar-refractivity contribution in [3.05, 3.63) is 54.2 Å². The molecule has 0 radical (unpaired) electrons. The summed E-state index contributed by atoms with van der Waals surface area (Å²) in [5.74, 6) is 0. The second-order valence-electron chi connectivity index (χ2n) is 3.23. The minimum atomic E-state index is 0.760. The monoisotopic (exact) mass is 210 g/mol. The van der Waals surface area contributed by atoms with Gasteiger partial charge in [-0.15, -0.1) is 0 Å². The Labute approximate surface area is 93.5 Å². The number of rotatable bonds is 3. The van der Waals surface area contributed by atoms with Crippen molar-refractivity contribution in [1.82, 2.24) is 10.2 Å². The van der Waals surface area contributed by atoms with Gasteiger partial charge in [-0.2, -0.15) is 10.2 Å². The number of hydrogen-bond acceptors (Lipinski definition) is 3. The highest BCUT2D eigenvalue weighted by molar-refractivity contribution is 5.74. The summed E-state index contributed by atoms with van der Waals surface area (Å²) in [6.07, 6.45) is 5.63. The van der Waals surface area contributed by atoms with E-state index in [2.05, 4.69) is 10.2 Å². The standard InChI is InChI=1S/C13H10N2O/c16-10-2-3-11-5-7-12(8-6-11)13-4-1-9-14-15-13/h1-10H/b3-2+. The Morgan fingerprint density at radius 2 is 1.88 bits per heavy atom. The molecule has 3 nitrogen and oxygen atoms in total. The van der Waals surface area contributed by atoms with Crippen LogP contribution in [0.5, 0.6) is 0 Å². The molecule has 0 unspecified atom stereocenters. The molecule has 0 aliphatic rings. The van der Waals surface area contributed by atoms with E-state index in [1.54, 1.807) is 12.3 Å². The second-order valence-corrected chi connectivity index (χ2v) is 3.23. The Bertz CT molecular complexity index is 489.